The largest absolute Gasteiger partial charge is 0.493 e. The lowest BCUT2D eigenvalue weighted by atomic mass is 10.2. The number of esters is 1. The minimum absolute atomic E-state index is 0.122. The zero-order chi connectivity index (χ0) is 16.5. The third kappa shape index (κ3) is 4.74. The van der Waals surface area contributed by atoms with Gasteiger partial charge in [-0.15, -0.1) is 0 Å². The van der Waals surface area contributed by atoms with Crippen molar-refractivity contribution in [2.45, 2.75) is 0 Å². The summed E-state index contributed by atoms with van der Waals surface area (Å²) in [6.45, 7) is 0.319. The highest BCUT2D eigenvalue weighted by molar-refractivity contribution is 5.89. The summed E-state index contributed by atoms with van der Waals surface area (Å²) in [5.41, 5.74) is 1.17. The van der Waals surface area contributed by atoms with Crippen molar-refractivity contribution in [2.75, 3.05) is 20.3 Å². The van der Waals surface area contributed by atoms with E-state index < -0.39 is 5.97 Å². The van der Waals surface area contributed by atoms with Gasteiger partial charge < -0.3 is 19.4 Å². The van der Waals surface area contributed by atoms with Gasteiger partial charge in [-0.05, 0) is 30.3 Å². The first-order valence-electron chi connectivity index (χ1n) is 6.95. The van der Waals surface area contributed by atoms with Crippen molar-refractivity contribution in [2.24, 2.45) is 5.16 Å². The Hall–Kier alpha value is -3.02. The molecular formula is C17H17NO5. The molecule has 6 heteroatoms. The van der Waals surface area contributed by atoms with Crippen LogP contribution < -0.4 is 9.47 Å². The molecule has 1 N–H and O–H groups in total. The van der Waals surface area contributed by atoms with Crippen LogP contribution in [0.1, 0.15) is 15.9 Å². The lowest BCUT2D eigenvalue weighted by Gasteiger charge is -2.11. The third-order valence-corrected chi connectivity index (χ3v) is 2.98. The van der Waals surface area contributed by atoms with Gasteiger partial charge in [-0.25, -0.2) is 4.79 Å². The maximum Gasteiger partial charge on any atom is 0.338 e. The van der Waals surface area contributed by atoms with E-state index in [-0.39, 0.29) is 13.2 Å². The Morgan fingerprint density at radius 3 is 2.61 bits per heavy atom. The first-order valence-corrected chi connectivity index (χ1v) is 6.95. The molecule has 0 aromatic heterocycles. The van der Waals surface area contributed by atoms with Crippen LogP contribution in [0.4, 0.5) is 0 Å². The molecule has 0 aliphatic rings. The Kier molecular flexibility index (Phi) is 5.99. The number of hydrogen-bond acceptors (Lipinski definition) is 6. The summed E-state index contributed by atoms with van der Waals surface area (Å²) in [7, 11) is 1.51. The van der Waals surface area contributed by atoms with E-state index in [1.165, 1.54) is 13.3 Å². The van der Waals surface area contributed by atoms with Crippen LogP contribution in [0.25, 0.3) is 0 Å². The van der Waals surface area contributed by atoms with E-state index in [9.17, 15) is 4.79 Å². The lowest BCUT2D eigenvalue weighted by molar-refractivity contribution is 0.0449. The summed E-state index contributed by atoms with van der Waals surface area (Å²) in [5, 5.41) is 11.5. The standard InChI is InChI=1S/C17H17NO5/c1-21-16-11-13(12-18-20)7-8-15(16)22-9-10-23-17(19)14-5-3-2-4-6-14/h2-8,11-12,20H,9-10H2,1H3/b18-12+. The number of ether oxygens (including phenoxy) is 3. The van der Waals surface area contributed by atoms with E-state index in [2.05, 4.69) is 5.16 Å². The average Bonchev–Trinajstić information content (AvgIpc) is 2.60. The highest BCUT2D eigenvalue weighted by Crippen LogP contribution is 2.27. The maximum atomic E-state index is 11.8. The van der Waals surface area contributed by atoms with Gasteiger partial charge in [-0.3, -0.25) is 0 Å². The molecule has 0 heterocycles. The number of nitrogens with zero attached hydrogens (tertiary/aromatic N) is 1. The van der Waals surface area contributed by atoms with E-state index >= 15 is 0 Å². The van der Waals surface area contributed by atoms with Crippen LogP contribution in [0.3, 0.4) is 0 Å². The van der Waals surface area contributed by atoms with Gasteiger partial charge in [0.15, 0.2) is 11.5 Å². The number of rotatable bonds is 7. The zero-order valence-electron chi connectivity index (χ0n) is 12.6. The fraction of sp³-hybridized carbons (Fsp3) is 0.176. The van der Waals surface area contributed by atoms with Crippen LogP contribution in [-0.4, -0.2) is 37.7 Å². The lowest BCUT2D eigenvalue weighted by Crippen LogP contribution is -2.12. The Bertz CT molecular complexity index is 670. The van der Waals surface area contributed by atoms with Crippen LogP contribution >= 0.6 is 0 Å². The zero-order valence-corrected chi connectivity index (χ0v) is 12.6. The molecule has 0 aliphatic heterocycles. The molecule has 23 heavy (non-hydrogen) atoms. The predicted octanol–water partition coefficient (Wildman–Crippen LogP) is 2.74. The third-order valence-electron chi connectivity index (χ3n) is 2.98. The molecule has 0 radical (unpaired) electrons. The molecule has 2 rings (SSSR count). The molecule has 2 aromatic rings. The summed E-state index contributed by atoms with van der Waals surface area (Å²) in [5.74, 6) is 0.616. The van der Waals surface area contributed by atoms with E-state index in [4.69, 9.17) is 19.4 Å². The summed E-state index contributed by atoms with van der Waals surface area (Å²) in [6, 6.07) is 13.8. The summed E-state index contributed by atoms with van der Waals surface area (Å²) < 4.78 is 15.9. The monoisotopic (exact) mass is 315 g/mol. The Morgan fingerprint density at radius 1 is 1.13 bits per heavy atom. The molecule has 6 nitrogen and oxygen atoms in total. The number of benzene rings is 2. The number of carbonyl (C=O) groups is 1. The van der Waals surface area contributed by atoms with Crippen molar-refractivity contribution in [3.63, 3.8) is 0 Å². The number of carbonyl (C=O) groups excluding carboxylic acids is 1. The topological polar surface area (TPSA) is 77.3 Å². The van der Waals surface area contributed by atoms with Crippen molar-refractivity contribution < 1.29 is 24.2 Å². The van der Waals surface area contributed by atoms with Crippen molar-refractivity contribution in [1.82, 2.24) is 0 Å². The Balaban J connectivity index is 1.85. The molecule has 0 spiro atoms. The van der Waals surface area contributed by atoms with Crippen molar-refractivity contribution >= 4 is 12.2 Å². The molecule has 0 fully saturated rings. The van der Waals surface area contributed by atoms with Gasteiger partial charge in [-0.1, -0.05) is 23.4 Å². The van der Waals surface area contributed by atoms with Crippen LogP contribution in [-0.2, 0) is 4.74 Å². The molecular weight excluding hydrogens is 298 g/mol. The van der Waals surface area contributed by atoms with Crippen molar-refractivity contribution in [3.05, 3.63) is 59.7 Å². The quantitative estimate of drug-likeness (QED) is 0.279. The minimum atomic E-state index is -0.393. The molecule has 0 saturated heterocycles. The second-order valence-corrected chi connectivity index (χ2v) is 4.51. The van der Waals surface area contributed by atoms with Gasteiger partial charge in [0.2, 0.25) is 0 Å². The van der Waals surface area contributed by atoms with Crippen LogP contribution in [0, 0.1) is 0 Å². The van der Waals surface area contributed by atoms with E-state index in [0.29, 0.717) is 22.6 Å². The molecule has 0 bridgehead atoms. The summed E-state index contributed by atoms with van der Waals surface area (Å²) in [6.07, 6.45) is 1.29. The minimum Gasteiger partial charge on any atom is -0.493 e. The van der Waals surface area contributed by atoms with Gasteiger partial charge >= 0.3 is 5.97 Å². The van der Waals surface area contributed by atoms with E-state index in [1.807, 2.05) is 6.07 Å². The number of oxime groups is 1. The van der Waals surface area contributed by atoms with Gasteiger partial charge in [0.25, 0.3) is 0 Å². The molecule has 120 valence electrons. The molecule has 0 amide bonds. The summed E-state index contributed by atoms with van der Waals surface area (Å²) >= 11 is 0. The van der Waals surface area contributed by atoms with E-state index in [1.54, 1.807) is 42.5 Å². The molecule has 0 atom stereocenters. The molecule has 0 saturated carbocycles. The molecule has 0 aliphatic carbocycles. The fourth-order valence-corrected chi connectivity index (χ4v) is 1.89. The highest BCUT2D eigenvalue weighted by atomic mass is 16.6. The second kappa shape index (κ2) is 8.43. The van der Waals surface area contributed by atoms with Gasteiger partial charge in [0.1, 0.15) is 13.2 Å². The first-order chi connectivity index (χ1) is 11.2. The van der Waals surface area contributed by atoms with Gasteiger partial charge in [-0.2, -0.15) is 0 Å². The Morgan fingerprint density at radius 2 is 1.91 bits per heavy atom. The summed E-state index contributed by atoms with van der Waals surface area (Å²) in [4.78, 5) is 11.8. The average molecular weight is 315 g/mol. The number of hydrogen-bond donors (Lipinski definition) is 1. The van der Waals surface area contributed by atoms with Crippen LogP contribution in [0.5, 0.6) is 11.5 Å². The Labute approximate surface area is 133 Å². The maximum absolute atomic E-state index is 11.8. The SMILES string of the molecule is COc1cc(/C=N/O)ccc1OCCOC(=O)c1ccccc1. The van der Waals surface area contributed by atoms with Gasteiger partial charge in [0.05, 0.1) is 18.9 Å². The van der Waals surface area contributed by atoms with Crippen molar-refractivity contribution in [3.8, 4) is 11.5 Å². The fourth-order valence-electron chi connectivity index (χ4n) is 1.89. The first kappa shape index (κ1) is 16.4. The second-order valence-electron chi connectivity index (χ2n) is 4.51. The normalized spacial score (nSPS) is 10.5. The molecule has 2 aromatic carbocycles. The molecule has 0 unspecified atom stereocenters. The predicted molar refractivity (Wildman–Crippen MR) is 84.6 cm³/mol. The van der Waals surface area contributed by atoms with E-state index in [0.717, 1.165) is 0 Å². The smallest absolute Gasteiger partial charge is 0.338 e. The van der Waals surface area contributed by atoms with Crippen molar-refractivity contribution in [1.29, 1.82) is 0 Å². The highest BCUT2D eigenvalue weighted by Gasteiger charge is 2.08. The number of methoxy groups -OCH3 is 1. The van der Waals surface area contributed by atoms with Crippen LogP contribution in [0.2, 0.25) is 0 Å². The van der Waals surface area contributed by atoms with Crippen LogP contribution in [0.15, 0.2) is 53.7 Å². The van der Waals surface area contributed by atoms with Gasteiger partial charge in [0, 0.05) is 5.56 Å².